The number of aryl methyl sites for hydroxylation is 1. The Balaban J connectivity index is 1.85. The van der Waals surface area contributed by atoms with Crippen LogP contribution in [-0.2, 0) is 0 Å². The monoisotopic (exact) mass is 292 g/mol. The molecule has 0 unspecified atom stereocenters. The Bertz CT molecular complexity index is 606. The average molecular weight is 292 g/mol. The molecule has 1 N–H and O–H groups in total. The van der Waals surface area contributed by atoms with Crippen molar-refractivity contribution in [2.45, 2.75) is 25.9 Å². The summed E-state index contributed by atoms with van der Waals surface area (Å²) in [5.74, 6) is 0.575. The van der Waals surface area contributed by atoms with Gasteiger partial charge in [0.2, 0.25) is 0 Å². The summed E-state index contributed by atoms with van der Waals surface area (Å²) in [4.78, 5) is 19.4. The highest BCUT2D eigenvalue weighted by molar-refractivity contribution is 7.15. The summed E-state index contributed by atoms with van der Waals surface area (Å²) in [7, 11) is 0. The molecule has 6 heteroatoms. The van der Waals surface area contributed by atoms with Crippen molar-refractivity contribution in [2.24, 2.45) is 0 Å². The molecule has 20 heavy (non-hydrogen) atoms. The highest BCUT2D eigenvalue weighted by Crippen LogP contribution is 2.29. The summed E-state index contributed by atoms with van der Waals surface area (Å²) in [6.45, 7) is 2.96. The van der Waals surface area contributed by atoms with Gasteiger partial charge in [-0.2, -0.15) is 0 Å². The smallest absolute Gasteiger partial charge is 0.273 e. The van der Waals surface area contributed by atoms with E-state index in [1.54, 1.807) is 17.2 Å². The number of aliphatic hydroxyl groups excluding tert-OH is 1. The number of hydrogen-bond acceptors (Lipinski definition) is 5. The number of hydrogen-bond donors (Lipinski definition) is 1. The lowest BCUT2D eigenvalue weighted by Crippen LogP contribution is -2.42. The molecule has 0 spiro atoms. The first-order chi connectivity index (χ1) is 9.65. The summed E-state index contributed by atoms with van der Waals surface area (Å²) >= 11 is 1.45. The molecule has 2 aromatic heterocycles. The zero-order chi connectivity index (χ0) is 14.1. The number of likely N-dealkylation sites (tertiary alicyclic amines) is 1. The van der Waals surface area contributed by atoms with Crippen LogP contribution in [0.25, 0.3) is 10.8 Å². The number of carbonyl (C=O) groups excluding carboxylic acids is 1. The van der Waals surface area contributed by atoms with Crippen molar-refractivity contribution >= 4 is 17.2 Å². The van der Waals surface area contributed by atoms with Crippen molar-refractivity contribution in [1.82, 2.24) is 9.88 Å². The number of aliphatic hydroxyl groups is 1. The number of furan rings is 1. The molecule has 0 aliphatic carbocycles. The minimum atomic E-state index is -0.420. The number of rotatable bonds is 2. The number of piperidine rings is 1. The summed E-state index contributed by atoms with van der Waals surface area (Å²) < 4.78 is 5.31. The van der Waals surface area contributed by atoms with E-state index in [0.29, 0.717) is 29.6 Å². The predicted octanol–water partition coefficient (Wildman–Crippen LogP) is 2.31. The van der Waals surface area contributed by atoms with E-state index in [9.17, 15) is 9.90 Å². The molecular weight excluding hydrogens is 276 g/mol. The molecule has 1 aliphatic rings. The Morgan fingerprint density at radius 1 is 1.60 bits per heavy atom. The lowest BCUT2D eigenvalue weighted by atomic mass is 10.1. The number of thiazole rings is 1. The summed E-state index contributed by atoms with van der Waals surface area (Å²) in [5.41, 5.74) is 0.468. The van der Waals surface area contributed by atoms with Crippen LogP contribution >= 0.6 is 11.3 Å². The molecule has 3 heterocycles. The summed E-state index contributed by atoms with van der Waals surface area (Å²) in [6, 6.07) is 3.63. The third-order valence-corrected chi connectivity index (χ3v) is 4.40. The van der Waals surface area contributed by atoms with Gasteiger partial charge in [-0.15, -0.1) is 11.3 Å². The van der Waals surface area contributed by atoms with E-state index in [1.165, 1.54) is 11.3 Å². The third kappa shape index (κ3) is 2.48. The molecule has 1 atom stereocenters. The Labute approximate surface area is 120 Å². The predicted molar refractivity (Wildman–Crippen MR) is 75.7 cm³/mol. The standard InChI is InChI=1S/C14H16N2O3S/c1-9-12(14(18)16-6-2-4-10(17)8-16)15-13(20-9)11-5-3-7-19-11/h3,5,7,10,17H,2,4,6,8H2,1H3/t10-/m0/s1. The molecule has 1 fully saturated rings. The molecule has 1 aliphatic heterocycles. The zero-order valence-electron chi connectivity index (χ0n) is 11.2. The van der Waals surface area contributed by atoms with Gasteiger partial charge in [0.05, 0.1) is 12.4 Å². The van der Waals surface area contributed by atoms with Crippen molar-refractivity contribution in [3.8, 4) is 10.8 Å². The molecular formula is C14H16N2O3S. The largest absolute Gasteiger partial charge is 0.462 e. The molecule has 1 saturated heterocycles. The quantitative estimate of drug-likeness (QED) is 0.922. The van der Waals surface area contributed by atoms with E-state index < -0.39 is 6.10 Å². The van der Waals surface area contributed by atoms with Crippen LogP contribution in [0.5, 0.6) is 0 Å². The molecule has 0 radical (unpaired) electrons. The maximum absolute atomic E-state index is 12.5. The van der Waals surface area contributed by atoms with Gasteiger partial charge in [-0.05, 0) is 31.9 Å². The van der Waals surface area contributed by atoms with Crippen molar-refractivity contribution in [3.63, 3.8) is 0 Å². The van der Waals surface area contributed by atoms with Crippen molar-refractivity contribution < 1.29 is 14.3 Å². The lowest BCUT2D eigenvalue weighted by molar-refractivity contribution is 0.0469. The maximum atomic E-state index is 12.5. The zero-order valence-corrected chi connectivity index (χ0v) is 12.0. The van der Waals surface area contributed by atoms with Gasteiger partial charge in [0.1, 0.15) is 5.69 Å². The first-order valence-electron chi connectivity index (χ1n) is 6.64. The Morgan fingerprint density at radius 3 is 3.15 bits per heavy atom. The first kappa shape index (κ1) is 13.3. The van der Waals surface area contributed by atoms with Crippen molar-refractivity contribution in [1.29, 1.82) is 0 Å². The number of β-amino-alcohol motifs (C(OH)–C–C–N with tert-alkyl or cyclic N) is 1. The normalized spacial score (nSPS) is 19.3. The molecule has 0 bridgehead atoms. The van der Waals surface area contributed by atoms with E-state index >= 15 is 0 Å². The molecule has 0 saturated carbocycles. The van der Waals surface area contributed by atoms with Crippen LogP contribution in [-0.4, -0.2) is 40.1 Å². The molecule has 5 nitrogen and oxygen atoms in total. The fourth-order valence-electron chi connectivity index (χ4n) is 2.39. The SMILES string of the molecule is Cc1sc(-c2ccco2)nc1C(=O)N1CCC[C@H](O)C1. The molecule has 0 aromatic carbocycles. The van der Waals surface area contributed by atoms with Gasteiger partial charge >= 0.3 is 0 Å². The first-order valence-corrected chi connectivity index (χ1v) is 7.45. The second-order valence-electron chi connectivity index (χ2n) is 4.95. The fraction of sp³-hybridized carbons (Fsp3) is 0.429. The Morgan fingerprint density at radius 2 is 2.45 bits per heavy atom. The Hall–Kier alpha value is -1.66. The lowest BCUT2D eigenvalue weighted by Gasteiger charge is -2.29. The van der Waals surface area contributed by atoms with Crippen molar-refractivity contribution in [2.75, 3.05) is 13.1 Å². The second kappa shape index (κ2) is 5.38. The molecule has 3 rings (SSSR count). The van der Waals surface area contributed by atoms with Gasteiger partial charge in [0.25, 0.3) is 5.91 Å². The molecule has 106 valence electrons. The van der Waals surface area contributed by atoms with Gasteiger partial charge in [0, 0.05) is 18.0 Å². The van der Waals surface area contributed by atoms with Crippen LogP contribution < -0.4 is 0 Å². The van der Waals surface area contributed by atoms with E-state index in [2.05, 4.69) is 4.98 Å². The molecule has 2 aromatic rings. The highest BCUT2D eigenvalue weighted by Gasteiger charge is 2.26. The van der Waals surface area contributed by atoms with E-state index in [1.807, 2.05) is 13.0 Å². The van der Waals surface area contributed by atoms with Gasteiger partial charge in [-0.3, -0.25) is 4.79 Å². The van der Waals surface area contributed by atoms with E-state index in [4.69, 9.17) is 4.42 Å². The van der Waals surface area contributed by atoms with Crippen LogP contribution in [0.2, 0.25) is 0 Å². The minimum absolute atomic E-state index is 0.102. The van der Waals surface area contributed by atoms with Crippen molar-refractivity contribution in [3.05, 3.63) is 29.0 Å². The van der Waals surface area contributed by atoms with E-state index in [0.717, 1.165) is 17.7 Å². The average Bonchev–Trinajstić information content (AvgIpc) is 3.07. The van der Waals surface area contributed by atoms with Gasteiger partial charge < -0.3 is 14.4 Å². The van der Waals surface area contributed by atoms with Crippen LogP contribution in [0.3, 0.4) is 0 Å². The van der Waals surface area contributed by atoms with E-state index in [-0.39, 0.29) is 5.91 Å². The summed E-state index contributed by atoms with van der Waals surface area (Å²) in [6.07, 6.45) is 2.77. The fourth-order valence-corrected chi connectivity index (χ4v) is 3.26. The molecule has 1 amide bonds. The highest BCUT2D eigenvalue weighted by atomic mass is 32.1. The topological polar surface area (TPSA) is 66.6 Å². The van der Waals surface area contributed by atoms with Gasteiger partial charge in [-0.25, -0.2) is 4.98 Å². The van der Waals surface area contributed by atoms with Crippen LogP contribution in [0, 0.1) is 6.92 Å². The summed E-state index contributed by atoms with van der Waals surface area (Å²) in [5, 5.41) is 10.4. The second-order valence-corrected chi connectivity index (χ2v) is 6.15. The number of nitrogens with zero attached hydrogens (tertiary/aromatic N) is 2. The third-order valence-electron chi connectivity index (χ3n) is 3.41. The van der Waals surface area contributed by atoms with Crippen LogP contribution in [0.15, 0.2) is 22.8 Å². The number of amides is 1. The Kier molecular flexibility index (Phi) is 3.58. The van der Waals surface area contributed by atoms with Crippen LogP contribution in [0.4, 0.5) is 0 Å². The number of aromatic nitrogens is 1. The van der Waals surface area contributed by atoms with Crippen LogP contribution in [0.1, 0.15) is 28.2 Å². The maximum Gasteiger partial charge on any atom is 0.273 e. The van der Waals surface area contributed by atoms with Gasteiger partial charge in [-0.1, -0.05) is 0 Å². The number of carbonyl (C=O) groups is 1. The minimum Gasteiger partial charge on any atom is -0.462 e. The van der Waals surface area contributed by atoms with Gasteiger partial charge in [0.15, 0.2) is 10.8 Å².